The van der Waals surface area contributed by atoms with E-state index >= 15 is 0 Å². The van der Waals surface area contributed by atoms with Crippen molar-refractivity contribution in [3.63, 3.8) is 0 Å². The zero-order chi connectivity index (χ0) is 14.3. The Kier molecular flexibility index (Phi) is 3.06. The molecule has 0 spiro atoms. The minimum atomic E-state index is -0.409. The van der Waals surface area contributed by atoms with E-state index in [1.807, 2.05) is 29.7 Å². The molecule has 0 aliphatic heterocycles. The van der Waals surface area contributed by atoms with Crippen molar-refractivity contribution in [1.29, 1.82) is 0 Å². The molecule has 1 heterocycles. The topological polar surface area (TPSA) is 29.9 Å². The molecule has 1 aromatic heterocycles. The highest BCUT2D eigenvalue weighted by atomic mass is 32.1. The molecule has 3 nitrogen and oxygen atoms in total. The van der Waals surface area contributed by atoms with Gasteiger partial charge in [0.15, 0.2) is 16.3 Å². The highest BCUT2D eigenvalue weighted by Gasteiger charge is 2.09. The molecule has 0 fully saturated rings. The minimum absolute atomic E-state index is 0.218. The summed E-state index contributed by atoms with van der Waals surface area (Å²) in [5, 5.41) is 0. The summed E-state index contributed by atoms with van der Waals surface area (Å²) in [6.45, 7) is 2.01. The maximum atomic E-state index is 13.9. The van der Waals surface area contributed by atoms with E-state index in [2.05, 4.69) is 4.98 Å². The molecule has 0 bridgehead atoms. The van der Waals surface area contributed by atoms with Gasteiger partial charge in [0.25, 0.3) is 0 Å². The van der Waals surface area contributed by atoms with Crippen molar-refractivity contribution < 1.29 is 9.13 Å². The summed E-state index contributed by atoms with van der Waals surface area (Å²) < 4.78 is 21.1. The molecule has 0 aliphatic rings. The normalized spacial score (nSPS) is 10.9. The predicted molar refractivity (Wildman–Crippen MR) is 79.7 cm³/mol. The lowest BCUT2D eigenvalue weighted by Gasteiger charge is -2.07. The number of ether oxygens (including phenoxy) is 1. The lowest BCUT2D eigenvalue weighted by Crippen LogP contribution is -1.96. The van der Waals surface area contributed by atoms with Gasteiger partial charge in [0, 0.05) is 6.07 Å². The number of aromatic nitrogens is 2. The van der Waals surface area contributed by atoms with Crippen LogP contribution in [0.2, 0.25) is 0 Å². The van der Waals surface area contributed by atoms with Crippen LogP contribution in [0.4, 0.5) is 4.39 Å². The average molecular weight is 288 g/mol. The van der Waals surface area contributed by atoms with Crippen molar-refractivity contribution in [3.05, 3.63) is 52.5 Å². The van der Waals surface area contributed by atoms with Crippen molar-refractivity contribution in [2.45, 2.75) is 6.92 Å². The van der Waals surface area contributed by atoms with Crippen LogP contribution in [0.5, 0.6) is 5.75 Å². The van der Waals surface area contributed by atoms with Gasteiger partial charge in [-0.1, -0.05) is 6.07 Å². The van der Waals surface area contributed by atoms with Gasteiger partial charge in [0.05, 0.1) is 23.8 Å². The Bertz CT molecular complexity index is 851. The number of nitrogens with zero attached hydrogens (tertiary/aromatic N) is 1. The quantitative estimate of drug-likeness (QED) is 0.718. The average Bonchev–Trinajstić information content (AvgIpc) is 2.73. The molecule has 0 radical (unpaired) electrons. The number of aromatic amines is 1. The van der Waals surface area contributed by atoms with Gasteiger partial charge < -0.3 is 9.72 Å². The van der Waals surface area contributed by atoms with Crippen LogP contribution in [0.25, 0.3) is 16.7 Å². The maximum absolute atomic E-state index is 13.9. The molecule has 102 valence electrons. The van der Waals surface area contributed by atoms with E-state index in [-0.39, 0.29) is 5.75 Å². The Morgan fingerprint density at radius 1 is 1.20 bits per heavy atom. The van der Waals surface area contributed by atoms with Gasteiger partial charge >= 0.3 is 0 Å². The van der Waals surface area contributed by atoms with E-state index in [0.29, 0.717) is 10.5 Å². The van der Waals surface area contributed by atoms with Crippen molar-refractivity contribution in [2.75, 3.05) is 7.11 Å². The zero-order valence-corrected chi connectivity index (χ0v) is 11.9. The van der Waals surface area contributed by atoms with Crippen LogP contribution in [-0.2, 0) is 0 Å². The lowest BCUT2D eigenvalue weighted by molar-refractivity contribution is 0.386. The molecule has 2 aromatic carbocycles. The van der Waals surface area contributed by atoms with Gasteiger partial charge in [-0.3, -0.25) is 4.57 Å². The molecule has 3 rings (SSSR count). The number of H-pyrrole nitrogens is 1. The number of methoxy groups -OCH3 is 1. The molecular formula is C15H13FN2OS. The number of rotatable bonds is 2. The first-order valence-electron chi connectivity index (χ1n) is 6.15. The Balaban J connectivity index is 2.26. The number of aryl methyl sites for hydroxylation is 1. The Hall–Kier alpha value is -2.14. The van der Waals surface area contributed by atoms with Crippen LogP contribution in [0, 0.1) is 17.5 Å². The third kappa shape index (κ3) is 2.00. The highest BCUT2D eigenvalue weighted by Crippen LogP contribution is 2.24. The van der Waals surface area contributed by atoms with E-state index in [1.54, 1.807) is 12.1 Å². The minimum Gasteiger partial charge on any atom is -0.494 e. The smallest absolute Gasteiger partial charge is 0.182 e. The summed E-state index contributed by atoms with van der Waals surface area (Å²) in [6, 6.07) is 10.8. The summed E-state index contributed by atoms with van der Waals surface area (Å²) in [6.07, 6.45) is 0. The molecule has 5 heteroatoms. The highest BCUT2D eigenvalue weighted by molar-refractivity contribution is 7.71. The number of halogens is 1. The van der Waals surface area contributed by atoms with E-state index in [4.69, 9.17) is 17.0 Å². The molecular weight excluding hydrogens is 275 g/mol. The number of nitrogens with one attached hydrogen (secondary N) is 1. The van der Waals surface area contributed by atoms with E-state index < -0.39 is 5.82 Å². The lowest BCUT2D eigenvalue weighted by atomic mass is 10.2. The molecule has 0 aliphatic carbocycles. The molecule has 0 saturated heterocycles. The standard InChI is InChI=1S/C15H13FN2OS/c1-9-3-5-13-12(7-9)17-15(20)18(13)10-4-6-14(19-2)11(16)8-10/h3-8H,1-2H3,(H,17,20). The fraction of sp³-hybridized carbons (Fsp3) is 0.133. The number of hydrogen-bond donors (Lipinski definition) is 1. The maximum Gasteiger partial charge on any atom is 0.182 e. The Morgan fingerprint density at radius 2 is 2.00 bits per heavy atom. The molecule has 3 aromatic rings. The summed E-state index contributed by atoms with van der Waals surface area (Å²) in [4.78, 5) is 3.14. The van der Waals surface area contributed by atoms with Crippen molar-refractivity contribution in [1.82, 2.24) is 9.55 Å². The largest absolute Gasteiger partial charge is 0.494 e. The summed E-state index contributed by atoms with van der Waals surface area (Å²) in [7, 11) is 1.44. The predicted octanol–water partition coefficient (Wildman–Crippen LogP) is 4.14. The SMILES string of the molecule is COc1ccc(-n2c(=S)[nH]c3cc(C)ccc32)cc1F. The summed E-state index contributed by atoms with van der Waals surface area (Å²) in [5.74, 6) is -0.190. The molecule has 0 amide bonds. The monoisotopic (exact) mass is 288 g/mol. The van der Waals surface area contributed by atoms with Gasteiger partial charge in [-0.05, 0) is 49.0 Å². The van der Waals surface area contributed by atoms with Crippen molar-refractivity contribution in [3.8, 4) is 11.4 Å². The molecule has 20 heavy (non-hydrogen) atoms. The zero-order valence-electron chi connectivity index (χ0n) is 11.1. The second kappa shape index (κ2) is 4.76. The number of hydrogen-bond acceptors (Lipinski definition) is 2. The van der Waals surface area contributed by atoms with Crippen molar-refractivity contribution in [2.24, 2.45) is 0 Å². The fourth-order valence-corrected chi connectivity index (χ4v) is 2.59. The molecule has 0 saturated carbocycles. The third-order valence-electron chi connectivity index (χ3n) is 3.23. The van der Waals surface area contributed by atoms with E-state index in [9.17, 15) is 4.39 Å². The number of imidazole rings is 1. The van der Waals surface area contributed by atoms with Gasteiger partial charge in [0.2, 0.25) is 0 Å². The van der Waals surface area contributed by atoms with Gasteiger partial charge in [-0.15, -0.1) is 0 Å². The summed E-state index contributed by atoms with van der Waals surface area (Å²) >= 11 is 5.34. The second-order valence-electron chi connectivity index (χ2n) is 4.61. The van der Waals surface area contributed by atoms with Crippen LogP contribution >= 0.6 is 12.2 Å². The first-order valence-corrected chi connectivity index (χ1v) is 6.56. The fourth-order valence-electron chi connectivity index (χ4n) is 2.28. The molecule has 1 N–H and O–H groups in total. The number of benzene rings is 2. The van der Waals surface area contributed by atoms with Gasteiger partial charge in [-0.25, -0.2) is 4.39 Å². The Morgan fingerprint density at radius 3 is 2.70 bits per heavy atom. The van der Waals surface area contributed by atoms with Crippen molar-refractivity contribution >= 4 is 23.3 Å². The van der Waals surface area contributed by atoms with Gasteiger partial charge in [0.1, 0.15) is 0 Å². The molecule has 0 atom stereocenters. The first kappa shape index (κ1) is 12.9. The van der Waals surface area contributed by atoms with E-state index in [0.717, 1.165) is 16.6 Å². The second-order valence-corrected chi connectivity index (χ2v) is 4.99. The first-order chi connectivity index (χ1) is 9.60. The van der Waals surface area contributed by atoms with Crippen LogP contribution in [0.15, 0.2) is 36.4 Å². The van der Waals surface area contributed by atoms with Crippen LogP contribution in [0.3, 0.4) is 0 Å². The summed E-state index contributed by atoms with van der Waals surface area (Å²) in [5.41, 5.74) is 3.67. The Labute approximate surface area is 120 Å². The van der Waals surface area contributed by atoms with Crippen LogP contribution < -0.4 is 4.74 Å². The molecule has 0 unspecified atom stereocenters. The van der Waals surface area contributed by atoms with E-state index in [1.165, 1.54) is 13.2 Å². The third-order valence-corrected chi connectivity index (χ3v) is 3.52. The van der Waals surface area contributed by atoms with Crippen LogP contribution in [0.1, 0.15) is 5.56 Å². The van der Waals surface area contributed by atoms with Crippen LogP contribution in [-0.4, -0.2) is 16.7 Å². The number of fused-ring (bicyclic) bond motifs is 1. The van der Waals surface area contributed by atoms with Gasteiger partial charge in [-0.2, -0.15) is 0 Å².